The molecule has 0 atom stereocenters. The molecule has 1 rings (SSSR count). The molecular weight excluding hydrogens is 223 g/mol. The van der Waals surface area contributed by atoms with Crippen molar-refractivity contribution in [3.63, 3.8) is 0 Å². The minimum Gasteiger partial charge on any atom is -0.493 e. The van der Waals surface area contributed by atoms with Crippen molar-refractivity contribution in [3.05, 3.63) is 18.2 Å². The molecule has 0 aliphatic rings. The van der Waals surface area contributed by atoms with Crippen LogP contribution in [-0.2, 0) is 0 Å². The van der Waals surface area contributed by atoms with Crippen molar-refractivity contribution < 1.29 is 22.6 Å². The molecule has 6 heteroatoms. The van der Waals surface area contributed by atoms with E-state index in [1.54, 1.807) is 0 Å². The molecule has 0 aromatic heterocycles. The first-order valence-electron chi connectivity index (χ1n) is 4.49. The van der Waals surface area contributed by atoms with E-state index in [2.05, 4.69) is 5.32 Å². The molecule has 1 aromatic rings. The van der Waals surface area contributed by atoms with Crippen molar-refractivity contribution in [1.29, 1.82) is 0 Å². The van der Waals surface area contributed by atoms with Gasteiger partial charge in [0.2, 0.25) is 0 Å². The van der Waals surface area contributed by atoms with Crippen LogP contribution in [0.4, 0.5) is 18.9 Å². The Morgan fingerprint density at radius 2 is 1.75 bits per heavy atom. The molecule has 0 fully saturated rings. The summed E-state index contributed by atoms with van der Waals surface area (Å²) in [5, 5.41) is 2.25. The molecule has 0 unspecified atom stereocenters. The van der Waals surface area contributed by atoms with Crippen molar-refractivity contribution in [3.8, 4) is 11.5 Å². The number of anilines is 1. The zero-order valence-corrected chi connectivity index (χ0v) is 8.89. The van der Waals surface area contributed by atoms with Crippen LogP contribution in [0.15, 0.2) is 18.2 Å². The maximum absolute atomic E-state index is 12.0. The average molecular weight is 235 g/mol. The third-order valence-electron chi connectivity index (χ3n) is 1.88. The van der Waals surface area contributed by atoms with Gasteiger partial charge in [0, 0.05) is 11.8 Å². The highest BCUT2D eigenvalue weighted by Gasteiger charge is 2.26. The molecule has 1 aromatic carbocycles. The van der Waals surface area contributed by atoms with Crippen molar-refractivity contribution in [2.45, 2.75) is 6.18 Å². The summed E-state index contributed by atoms with van der Waals surface area (Å²) in [7, 11) is 2.88. The topological polar surface area (TPSA) is 30.5 Å². The molecule has 1 N–H and O–H groups in total. The van der Waals surface area contributed by atoms with Gasteiger partial charge in [0.25, 0.3) is 0 Å². The van der Waals surface area contributed by atoms with Crippen LogP contribution in [-0.4, -0.2) is 26.9 Å². The van der Waals surface area contributed by atoms with E-state index in [1.807, 2.05) is 0 Å². The number of hydrogen-bond acceptors (Lipinski definition) is 3. The predicted octanol–water partition coefficient (Wildman–Crippen LogP) is 2.68. The van der Waals surface area contributed by atoms with Gasteiger partial charge in [0.05, 0.1) is 14.2 Å². The molecule has 0 spiro atoms. The second-order valence-corrected chi connectivity index (χ2v) is 3.04. The Kier molecular flexibility index (Phi) is 3.87. The van der Waals surface area contributed by atoms with Gasteiger partial charge in [-0.25, -0.2) is 0 Å². The molecule has 0 radical (unpaired) electrons. The molecule has 0 amide bonds. The fraction of sp³-hybridized carbons (Fsp3) is 0.400. The molecule has 0 heterocycles. The van der Waals surface area contributed by atoms with Crippen molar-refractivity contribution >= 4 is 5.69 Å². The number of rotatable bonds is 4. The third-order valence-corrected chi connectivity index (χ3v) is 1.88. The lowest BCUT2D eigenvalue weighted by atomic mass is 10.2. The Morgan fingerprint density at radius 1 is 1.12 bits per heavy atom. The Morgan fingerprint density at radius 3 is 2.25 bits per heavy atom. The normalized spacial score (nSPS) is 11.1. The molecule has 0 saturated carbocycles. The van der Waals surface area contributed by atoms with Crippen LogP contribution in [0.1, 0.15) is 0 Å². The summed E-state index contributed by atoms with van der Waals surface area (Å²) in [4.78, 5) is 0. The highest BCUT2D eigenvalue weighted by atomic mass is 19.4. The van der Waals surface area contributed by atoms with Gasteiger partial charge in [0.1, 0.15) is 6.54 Å². The SMILES string of the molecule is COc1ccc(NCC(F)(F)F)cc1OC. The van der Waals surface area contributed by atoms with Crippen LogP contribution < -0.4 is 14.8 Å². The fourth-order valence-corrected chi connectivity index (χ4v) is 1.15. The molecule has 3 nitrogen and oxygen atoms in total. The second kappa shape index (κ2) is 4.96. The number of ether oxygens (including phenoxy) is 2. The van der Waals surface area contributed by atoms with E-state index in [9.17, 15) is 13.2 Å². The maximum atomic E-state index is 12.0. The molecule has 0 bridgehead atoms. The van der Waals surface area contributed by atoms with Crippen LogP contribution in [0.2, 0.25) is 0 Å². The number of hydrogen-bond donors (Lipinski definition) is 1. The second-order valence-electron chi connectivity index (χ2n) is 3.04. The van der Waals surface area contributed by atoms with E-state index in [1.165, 1.54) is 32.4 Å². The lowest BCUT2D eigenvalue weighted by Gasteiger charge is -2.12. The monoisotopic (exact) mass is 235 g/mol. The molecule has 0 saturated heterocycles. The molecule has 0 aliphatic carbocycles. The van der Waals surface area contributed by atoms with Gasteiger partial charge in [-0.05, 0) is 12.1 Å². The summed E-state index contributed by atoms with van der Waals surface area (Å²) >= 11 is 0. The smallest absolute Gasteiger partial charge is 0.405 e. The summed E-state index contributed by atoms with van der Waals surface area (Å²) in [5.74, 6) is 0.856. The number of nitrogens with one attached hydrogen (secondary N) is 1. The number of halogens is 3. The molecule has 90 valence electrons. The highest BCUT2D eigenvalue weighted by molar-refractivity contribution is 5.54. The first kappa shape index (κ1) is 12.5. The zero-order chi connectivity index (χ0) is 12.2. The van der Waals surface area contributed by atoms with Gasteiger partial charge in [0.15, 0.2) is 11.5 Å². The highest BCUT2D eigenvalue weighted by Crippen LogP contribution is 2.30. The van der Waals surface area contributed by atoms with Gasteiger partial charge < -0.3 is 14.8 Å². The first-order chi connectivity index (χ1) is 7.46. The number of methoxy groups -OCH3 is 2. The van der Waals surface area contributed by atoms with Crippen molar-refractivity contribution in [1.82, 2.24) is 0 Å². The van der Waals surface area contributed by atoms with Gasteiger partial charge in [-0.1, -0.05) is 0 Å². The zero-order valence-electron chi connectivity index (χ0n) is 8.89. The van der Waals surface area contributed by atoms with E-state index in [-0.39, 0.29) is 0 Å². The first-order valence-corrected chi connectivity index (χ1v) is 4.49. The third kappa shape index (κ3) is 3.52. The summed E-state index contributed by atoms with van der Waals surface area (Å²) in [6.45, 7) is -1.08. The number of alkyl halides is 3. The minimum atomic E-state index is -4.24. The van der Waals surface area contributed by atoms with Gasteiger partial charge in [-0.2, -0.15) is 13.2 Å². The van der Waals surface area contributed by atoms with Gasteiger partial charge >= 0.3 is 6.18 Å². The summed E-state index contributed by atoms with van der Waals surface area (Å²) in [5.41, 5.74) is 0.329. The van der Waals surface area contributed by atoms with E-state index in [0.29, 0.717) is 17.2 Å². The van der Waals surface area contributed by atoms with Gasteiger partial charge in [-0.3, -0.25) is 0 Å². The Balaban J connectivity index is 2.75. The standard InChI is InChI=1S/C10H12F3NO2/c1-15-8-4-3-7(5-9(8)16-2)14-6-10(11,12)13/h3-5,14H,6H2,1-2H3. The van der Waals surface area contributed by atoms with Crippen LogP contribution in [0, 0.1) is 0 Å². The summed E-state index contributed by atoms with van der Waals surface area (Å²) < 4.78 is 45.8. The molecular formula is C10H12F3NO2. The molecule has 0 aliphatic heterocycles. The predicted molar refractivity (Wildman–Crippen MR) is 54.1 cm³/mol. The maximum Gasteiger partial charge on any atom is 0.405 e. The fourth-order valence-electron chi connectivity index (χ4n) is 1.15. The summed E-state index contributed by atoms with van der Waals surface area (Å²) in [6.07, 6.45) is -4.24. The van der Waals surface area contributed by atoms with Crippen LogP contribution >= 0.6 is 0 Å². The van der Waals surface area contributed by atoms with Crippen LogP contribution in [0.3, 0.4) is 0 Å². The Labute approximate surface area is 91.2 Å². The lowest BCUT2D eigenvalue weighted by Crippen LogP contribution is -2.21. The van der Waals surface area contributed by atoms with E-state index in [4.69, 9.17) is 9.47 Å². The molecule has 16 heavy (non-hydrogen) atoms. The lowest BCUT2D eigenvalue weighted by molar-refractivity contribution is -0.115. The van der Waals surface area contributed by atoms with Crippen molar-refractivity contribution in [2.24, 2.45) is 0 Å². The van der Waals surface area contributed by atoms with E-state index >= 15 is 0 Å². The van der Waals surface area contributed by atoms with Crippen LogP contribution in [0.5, 0.6) is 11.5 Å². The van der Waals surface area contributed by atoms with Crippen molar-refractivity contribution in [2.75, 3.05) is 26.1 Å². The van der Waals surface area contributed by atoms with E-state index < -0.39 is 12.7 Å². The van der Waals surface area contributed by atoms with Crippen LogP contribution in [0.25, 0.3) is 0 Å². The average Bonchev–Trinajstić information content (AvgIpc) is 2.25. The Hall–Kier alpha value is -1.59. The van der Waals surface area contributed by atoms with Gasteiger partial charge in [-0.15, -0.1) is 0 Å². The largest absolute Gasteiger partial charge is 0.493 e. The number of benzene rings is 1. The Bertz CT molecular complexity index is 352. The summed E-state index contributed by atoms with van der Waals surface area (Å²) in [6, 6.07) is 4.48. The van der Waals surface area contributed by atoms with E-state index in [0.717, 1.165) is 0 Å². The quantitative estimate of drug-likeness (QED) is 0.870. The minimum absolute atomic E-state index is 0.329.